The summed E-state index contributed by atoms with van der Waals surface area (Å²) in [5.74, 6) is -5.39. The van der Waals surface area contributed by atoms with Gasteiger partial charge in [-0.15, -0.1) is 0 Å². The van der Waals surface area contributed by atoms with Gasteiger partial charge in [0.1, 0.15) is 28.2 Å². The number of ether oxygens (including phenoxy) is 2. The maximum absolute atomic E-state index is 13.3. The average molecular weight is 561 g/mol. The van der Waals surface area contributed by atoms with Gasteiger partial charge in [0.2, 0.25) is 11.2 Å². The summed E-state index contributed by atoms with van der Waals surface area (Å²) >= 11 is 0. The molecule has 0 aliphatic carbocycles. The Bertz CT molecular complexity index is 1970. The second-order valence-electron chi connectivity index (χ2n) is 9.18. The molecule has 0 aliphatic heterocycles. The molecule has 6 N–H and O–H groups in total. The van der Waals surface area contributed by atoms with Crippen molar-refractivity contribution in [3.63, 3.8) is 0 Å². The smallest absolute Gasteiger partial charge is 0.306 e. The maximum atomic E-state index is 13.3. The molecule has 0 bridgehead atoms. The van der Waals surface area contributed by atoms with Crippen molar-refractivity contribution >= 4 is 27.8 Å². The van der Waals surface area contributed by atoms with Crippen LogP contribution in [0.1, 0.15) is 23.5 Å². The van der Waals surface area contributed by atoms with Crippen LogP contribution >= 0.6 is 0 Å². The SMILES string of the molecule is COC(=O)C[C@H](c1cc2cc(OC)ccc2[nH]c1=O)c1c(O)cc(O)c2c(=O)c(O)c(-c3ccc(O)c(O)c3)oc12. The van der Waals surface area contributed by atoms with Crippen LogP contribution in [0.5, 0.6) is 34.5 Å². The summed E-state index contributed by atoms with van der Waals surface area (Å²) in [6.45, 7) is 0. The summed E-state index contributed by atoms with van der Waals surface area (Å²) in [5, 5.41) is 52.0. The first-order valence-electron chi connectivity index (χ1n) is 12.1. The maximum Gasteiger partial charge on any atom is 0.306 e. The van der Waals surface area contributed by atoms with Crippen LogP contribution in [0, 0.1) is 0 Å². The minimum Gasteiger partial charge on any atom is -0.507 e. The van der Waals surface area contributed by atoms with Crippen molar-refractivity contribution in [2.75, 3.05) is 14.2 Å². The molecule has 0 aliphatic rings. The number of carbonyl (C=O) groups is 1. The molecule has 2 heterocycles. The molecule has 5 aromatic rings. The van der Waals surface area contributed by atoms with Crippen LogP contribution < -0.4 is 15.7 Å². The van der Waals surface area contributed by atoms with E-state index in [0.717, 1.165) is 25.3 Å². The van der Waals surface area contributed by atoms with Crippen LogP contribution in [-0.4, -0.2) is 50.7 Å². The number of phenols is 4. The van der Waals surface area contributed by atoms with Gasteiger partial charge in [-0.05, 0) is 42.5 Å². The average Bonchev–Trinajstić information content (AvgIpc) is 2.94. The molecule has 0 amide bonds. The first-order chi connectivity index (χ1) is 19.5. The Kier molecular flexibility index (Phi) is 6.67. The zero-order valence-corrected chi connectivity index (χ0v) is 21.6. The molecule has 1 atom stereocenters. The Hall–Kier alpha value is -5.65. The van der Waals surface area contributed by atoms with Gasteiger partial charge in [-0.2, -0.15) is 0 Å². The van der Waals surface area contributed by atoms with E-state index in [-0.39, 0.29) is 16.7 Å². The Morgan fingerprint density at radius 3 is 2.34 bits per heavy atom. The molecule has 0 saturated heterocycles. The molecule has 0 radical (unpaired) electrons. The number of carbonyl (C=O) groups excluding carboxylic acids is 1. The lowest BCUT2D eigenvalue weighted by Gasteiger charge is -2.20. The number of hydrogen-bond donors (Lipinski definition) is 6. The van der Waals surface area contributed by atoms with Gasteiger partial charge in [-0.25, -0.2) is 0 Å². The summed E-state index contributed by atoms with van der Waals surface area (Å²) in [6.07, 6.45) is -0.498. The fourth-order valence-corrected chi connectivity index (χ4v) is 4.75. The number of aromatic nitrogens is 1. The number of benzene rings is 3. The highest BCUT2D eigenvalue weighted by molar-refractivity contribution is 5.92. The number of hydrogen-bond acceptors (Lipinski definition) is 11. The van der Waals surface area contributed by atoms with Gasteiger partial charge in [-0.1, -0.05) is 0 Å². The van der Waals surface area contributed by atoms with E-state index < -0.39 is 74.8 Å². The molecule has 5 rings (SSSR count). The molecule has 0 unspecified atom stereocenters. The number of fused-ring (bicyclic) bond motifs is 2. The van der Waals surface area contributed by atoms with E-state index in [1.54, 1.807) is 18.2 Å². The lowest BCUT2D eigenvalue weighted by atomic mass is 9.86. The van der Waals surface area contributed by atoms with Crippen molar-refractivity contribution in [2.45, 2.75) is 12.3 Å². The number of phenolic OH excluding ortho intramolecular Hbond substituents is 4. The number of methoxy groups -OCH3 is 2. The quantitative estimate of drug-likeness (QED) is 0.131. The van der Waals surface area contributed by atoms with Gasteiger partial charge in [0, 0.05) is 39.6 Å². The molecule has 12 nitrogen and oxygen atoms in total. The summed E-state index contributed by atoms with van der Waals surface area (Å²) in [4.78, 5) is 41.9. The Morgan fingerprint density at radius 2 is 1.66 bits per heavy atom. The third kappa shape index (κ3) is 4.61. The largest absolute Gasteiger partial charge is 0.507 e. The van der Waals surface area contributed by atoms with E-state index in [1.807, 2.05) is 0 Å². The zero-order chi connectivity index (χ0) is 29.6. The van der Waals surface area contributed by atoms with Gasteiger partial charge >= 0.3 is 5.97 Å². The van der Waals surface area contributed by atoms with E-state index in [4.69, 9.17) is 13.9 Å². The third-order valence-corrected chi connectivity index (χ3v) is 6.78. The number of pyridine rings is 1. The molecular weight excluding hydrogens is 538 g/mol. The number of H-pyrrole nitrogens is 1. The van der Waals surface area contributed by atoms with Crippen molar-refractivity contribution < 1.29 is 44.2 Å². The van der Waals surface area contributed by atoms with Gasteiger partial charge in [-0.3, -0.25) is 14.4 Å². The van der Waals surface area contributed by atoms with Crippen LogP contribution in [0.15, 0.2) is 62.5 Å². The number of nitrogens with one attached hydrogen (secondary N) is 1. The normalized spacial score (nSPS) is 12.0. The molecule has 210 valence electrons. The predicted molar refractivity (Wildman–Crippen MR) is 146 cm³/mol. The van der Waals surface area contributed by atoms with Crippen LogP contribution in [0.2, 0.25) is 0 Å². The standard InChI is InChI=1S/C29H23NO11/c1-39-14-4-5-17-13(7-14)8-16(29(38)30-17)15(10-22(35)40-2)23-20(33)11-21(34)24-25(36)26(37)27(41-28(23)24)12-3-6-18(31)19(32)9-12/h3-9,11,15,31-34,37H,10H2,1-2H3,(H,30,38)/t15-/m1/s1. The van der Waals surface area contributed by atoms with E-state index in [1.165, 1.54) is 19.2 Å². The second kappa shape index (κ2) is 10.2. The summed E-state index contributed by atoms with van der Waals surface area (Å²) in [7, 11) is 2.61. The number of aromatic amines is 1. The first kappa shape index (κ1) is 26.9. The summed E-state index contributed by atoms with van der Waals surface area (Å²) in [6, 6.07) is 10.6. The Morgan fingerprint density at radius 1 is 0.902 bits per heavy atom. The van der Waals surface area contributed by atoms with Gasteiger partial charge in [0.15, 0.2) is 17.3 Å². The predicted octanol–water partition coefficient (Wildman–Crippen LogP) is 3.53. The highest BCUT2D eigenvalue weighted by Gasteiger charge is 2.31. The fraction of sp³-hybridized carbons (Fsp3) is 0.138. The molecule has 0 spiro atoms. The van der Waals surface area contributed by atoms with Crippen LogP contribution in [0.25, 0.3) is 33.2 Å². The number of rotatable bonds is 6. The second-order valence-corrected chi connectivity index (χ2v) is 9.18. The first-order valence-corrected chi connectivity index (χ1v) is 12.1. The monoisotopic (exact) mass is 561 g/mol. The van der Waals surface area contributed by atoms with Crippen molar-refractivity contribution in [1.82, 2.24) is 4.98 Å². The molecule has 3 aromatic carbocycles. The molecule has 12 heteroatoms. The molecule has 2 aromatic heterocycles. The molecule has 41 heavy (non-hydrogen) atoms. The van der Waals surface area contributed by atoms with E-state index >= 15 is 0 Å². The summed E-state index contributed by atoms with van der Waals surface area (Å²) < 4.78 is 16.0. The van der Waals surface area contributed by atoms with Crippen molar-refractivity contribution in [3.05, 3.63) is 80.2 Å². The number of aromatic hydroxyl groups is 5. The lowest BCUT2D eigenvalue weighted by Crippen LogP contribution is -2.20. The van der Waals surface area contributed by atoms with E-state index in [0.29, 0.717) is 16.7 Å². The Balaban J connectivity index is 1.87. The van der Waals surface area contributed by atoms with Crippen molar-refractivity contribution in [3.8, 4) is 45.8 Å². The highest BCUT2D eigenvalue weighted by Crippen LogP contribution is 2.44. The minimum atomic E-state index is -1.28. The van der Waals surface area contributed by atoms with Crippen molar-refractivity contribution in [1.29, 1.82) is 0 Å². The zero-order valence-electron chi connectivity index (χ0n) is 21.6. The van der Waals surface area contributed by atoms with Crippen LogP contribution in [0.4, 0.5) is 0 Å². The fourth-order valence-electron chi connectivity index (χ4n) is 4.75. The molecule has 0 fully saturated rings. The topological polar surface area (TPSA) is 200 Å². The van der Waals surface area contributed by atoms with Crippen LogP contribution in [-0.2, 0) is 9.53 Å². The lowest BCUT2D eigenvalue weighted by molar-refractivity contribution is -0.140. The van der Waals surface area contributed by atoms with Crippen molar-refractivity contribution in [2.24, 2.45) is 0 Å². The highest BCUT2D eigenvalue weighted by atomic mass is 16.5. The van der Waals surface area contributed by atoms with E-state index in [9.17, 15) is 39.9 Å². The summed E-state index contributed by atoms with van der Waals surface area (Å²) in [5.41, 5.74) is -1.97. The van der Waals surface area contributed by atoms with Gasteiger partial charge < -0.3 is 44.4 Å². The van der Waals surface area contributed by atoms with Gasteiger partial charge in [0.25, 0.3) is 5.56 Å². The van der Waals surface area contributed by atoms with Gasteiger partial charge in [0.05, 0.1) is 20.6 Å². The molecule has 0 saturated carbocycles. The minimum absolute atomic E-state index is 0.0157. The number of esters is 1. The Labute approximate surface area is 229 Å². The van der Waals surface area contributed by atoms with Crippen LogP contribution in [0.3, 0.4) is 0 Å². The molecular formula is C29H23NO11. The third-order valence-electron chi connectivity index (χ3n) is 6.78. The van der Waals surface area contributed by atoms with E-state index in [2.05, 4.69) is 4.98 Å².